The van der Waals surface area contributed by atoms with Crippen molar-refractivity contribution in [2.45, 2.75) is 26.8 Å². The first-order valence-corrected chi connectivity index (χ1v) is 12.6. The highest BCUT2D eigenvalue weighted by Crippen LogP contribution is 2.30. The topological polar surface area (TPSA) is 58.4 Å². The van der Waals surface area contributed by atoms with Crippen molar-refractivity contribution in [3.63, 3.8) is 0 Å². The van der Waals surface area contributed by atoms with Crippen molar-refractivity contribution in [1.82, 2.24) is 19.6 Å². The fraction of sp³-hybridized carbons (Fsp3) is 0.296. The van der Waals surface area contributed by atoms with Gasteiger partial charge in [-0.25, -0.2) is 4.39 Å². The van der Waals surface area contributed by atoms with Gasteiger partial charge in [-0.15, -0.1) is 11.3 Å². The van der Waals surface area contributed by atoms with Crippen LogP contribution in [0.2, 0.25) is 0 Å². The molecule has 2 aromatic heterocycles. The molecule has 3 heterocycles. The minimum Gasteiger partial charge on any atom is -0.337 e. The van der Waals surface area contributed by atoms with E-state index < -0.39 is 0 Å². The molecule has 1 saturated heterocycles. The fourth-order valence-electron chi connectivity index (χ4n) is 4.53. The summed E-state index contributed by atoms with van der Waals surface area (Å²) in [5, 5.41) is 5.59. The lowest BCUT2D eigenvalue weighted by molar-refractivity contribution is 0.0721. The Balaban J connectivity index is 1.31. The summed E-state index contributed by atoms with van der Waals surface area (Å²) >= 11 is 1.44. The molecule has 1 aliphatic rings. The fourth-order valence-corrected chi connectivity index (χ4v) is 5.66. The quantitative estimate of drug-likeness (QED) is 0.409. The minimum atomic E-state index is -0.267. The molecule has 6 nitrogen and oxygen atoms in total. The number of aryl methyl sites for hydroxylation is 2. The molecule has 0 saturated carbocycles. The maximum absolute atomic E-state index is 13.4. The predicted octanol–water partition coefficient (Wildman–Crippen LogP) is 4.89. The largest absolute Gasteiger partial charge is 0.337 e. The standard InChI is InChI=1S/C27H27FN4O2S/c1-18-5-3-6-21(15-18)25(33)30-11-4-12-31(14-13-30)26(34)24-16-23-19(2)29-32(27(23)35-24)17-20-7-9-22(28)10-8-20/h3,5-10,15-16H,4,11-14,17H2,1-2H3. The zero-order valence-corrected chi connectivity index (χ0v) is 20.6. The van der Waals surface area contributed by atoms with Crippen LogP contribution in [-0.4, -0.2) is 57.6 Å². The van der Waals surface area contributed by atoms with E-state index in [9.17, 15) is 14.0 Å². The molecule has 0 spiro atoms. The number of amides is 2. The summed E-state index contributed by atoms with van der Waals surface area (Å²) in [7, 11) is 0. The van der Waals surface area contributed by atoms with E-state index in [1.54, 1.807) is 12.1 Å². The Kier molecular flexibility index (Phi) is 6.38. The Bertz CT molecular complexity index is 1390. The molecule has 0 unspecified atom stereocenters. The van der Waals surface area contributed by atoms with Crippen LogP contribution in [-0.2, 0) is 6.54 Å². The summed E-state index contributed by atoms with van der Waals surface area (Å²) in [6.45, 7) is 6.70. The van der Waals surface area contributed by atoms with E-state index in [1.807, 2.05) is 58.7 Å². The highest BCUT2D eigenvalue weighted by atomic mass is 32.1. The second kappa shape index (κ2) is 9.62. The number of nitrogens with zero attached hydrogens (tertiary/aromatic N) is 4. The van der Waals surface area contributed by atoms with Gasteiger partial charge in [0.15, 0.2) is 0 Å². The van der Waals surface area contributed by atoms with Crippen LogP contribution in [0.4, 0.5) is 4.39 Å². The lowest BCUT2D eigenvalue weighted by atomic mass is 10.1. The number of fused-ring (bicyclic) bond motifs is 1. The first kappa shape index (κ1) is 23.2. The van der Waals surface area contributed by atoms with Crippen LogP contribution in [0.3, 0.4) is 0 Å². The maximum Gasteiger partial charge on any atom is 0.264 e. The lowest BCUT2D eigenvalue weighted by Crippen LogP contribution is -2.37. The van der Waals surface area contributed by atoms with Crippen LogP contribution < -0.4 is 0 Å². The molecular formula is C27H27FN4O2S. The van der Waals surface area contributed by atoms with Crippen LogP contribution in [0.1, 0.15) is 43.3 Å². The third kappa shape index (κ3) is 4.84. The van der Waals surface area contributed by atoms with Gasteiger partial charge in [-0.2, -0.15) is 5.10 Å². The monoisotopic (exact) mass is 490 g/mol. The zero-order valence-electron chi connectivity index (χ0n) is 19.8. The number of aromatic nitrogens is 2. The maximum atomic E-state index is 13.4. The second-order valence-electron chi connectivity index (χ2n) is 9.01. The summed E-state index contributed by atoms with van der Waals surface area (Å²) in [4.78, 5) is 31.7. The van der Waals surface area contributed by atoms with E-state index in [0.717, 1.165) is 33.5 Å². The molecule has 35 heavy (non-hydrogen) atoms. The van der Waals surface area contributed by atoms with Crippen molar-refractivity contribution < 1.29 is 14.0 Å². The molecule has 0 radical (unpaired) electrons. The average molecular weight is 491 g/mol. The highest BCUT2D eigenvalue weighted by molar-refractivity contribution is 7.20. The molecule has 0 aliphatic carbocycles. The summed E-state index contributed by atoms with van der Waals surface area (Å²) in [6.07, 6.45) is 0.742. The Morgan fingerprint density at radius 3 is 2.37 bits per heavy atom. The highest BCUT2D eigenvalue weighted by Gasteiger charge is 2.25. The Labute approximate surface area is 207 Å². The van der Waals surface area contributed by atoms with Gasteiger partial charge in [0.2, 0.25) is 0 Å². The first-order valence-electron chi connectivity index (χ1n) is 11.8. The number of halogens is 1. The summed E-state index contributed by atoms with van der Waals surface area (Å²) in [6, 6.07) is 15.9. The van der Waals surface area contributed by atoms with Gasteiger partial charge in [0, 0.05) is 37.1 Å². The van der Waals surface area contributed by atoms with Gasteiger partial charge in [-0.1, -0.05) is 29.8 Å². The molecule has 8 heteroatoms. The van der Waals surface area contributed by atoms with Crippen LogP contribution in [0.5, 0.6) is 0 Å². The van der Waals surface area contributed by atoms with Crippen LogP contribution in [0.25, 0.3) is 10.2 Å². The van der Waals surface area contributed by atoms with Crippen molar-refractivity contribution in [1.29, 1.82) is 0 Å². The Morgan fingerprint density at radius 1 is 0.943 bits per heavy atom. The van der Waals surface area contributed by atoms with Crippen LogP contribution in [0.15, 0.2) is 54.6 Å². The SMILES string of the molecule is Cc1cccc(C(=O)N2CCCN(C(=O)c3cc4c(C)nn(Cc5ccc(F)cc5)c4s3)CC2)c1. The lowest BCUT2D eigenvalue weighted by Gasteiger charge is -2.22. The molecule has 5 rings (SSSR count). The van der Waals surface area contributed by atoms with E-state index in [0.29, 0.717) is 43.2 Å². The molecular weight excluding hydrogens is 463 g/mol. The van der Waals surface area contributed by atoms with Gasteiger partial charge in [0.1, 0.15) is 10.6 Å². The third-order valence-electron chi connectivity index (χ3n) is 6.40. The van der Waals surface area contributed by atoms with Crippen molar-refractivity contribution in [3.05, 3.63) is 87.7 Å². The normalized spacial score (nSPS) is 14.4. The average Bonchev–Trinajstić information content (AvgIpc) is 3.30. The van der Waals surface area contributed by atoms with Gasteiger partial charge in [-0.3, -0.25) is 14.3 Å². The van der Waals surface area contributed by atoms with Gasteiger partial charge in [-0.05, 0) is 56.2 Å². The van der Waals surface area contributed by atoms with Crippen LogP contribution in [0, 0.1) is 19.7 Å². The Morgan fingerprint density at radius 2 is 1.66 bits per heavy atom. The number of hydrogen-bond donors (Lipinski definition) is 0. The van der Waals surface area contributed by atoms with Gasteiger partial charge < -0.3 is 9.80 Å². The molecule has 1 aliphatic heterocycles. The smallest absolute Gasteiger partial charge is 0.264 e. The Hall–Kier alpha value is -3.52. The van der Waals surface area contributed by atoms with Gasteiger partial charge >= 0.3 is 0 Å². The second-order valence-corrected chi connectivity index (χ2v) is 10.0. The number of hydrogen-bond acceptors (Lipinski definition) is 4. The van der Waals surface area contributed by atoms with Crippen molar-refractivity contribution in [3.8, 4) is 0 Å². The summed E-state index contributed by atoms with van der Waals surface area (Å²) < 4.78 is 15.1. The molecule has 0 bridgehead atoms. The van der Waals surface area contributed by atoms with Crippen molar-refractivity contribution in [2.75, 3.05) is 26.2 Å². The number of carbonyl (C=O) groups excluding carboxylic acids is 2. The molecule has 4 aromatic rings. The predicted molar refractivity (Wildman–Crippen MR) is 135 cm³/mol. The number of thiophene rings is 1. The van der Waals surface area contributed by atoms with Gasteiger partial charge in [0.05, 0.1) is 17.1 Å². The van der Waals surface area contributed by atoms with Gasteiger partial charge in [0.25, 0.3) is 11.8 Å². The molecule has 180 valence electrons. The molecule has 2 amide bonds. The van der Waals surface area contributed by atoms with Crippen molar-refractivity contribution >= 4 is 33.4 Å². The number of benzene rings is 2. The molecule has 0 atom stereocenters. The zero-order chi connectivity index (χ0) is 24.5. The molecule has 0 N–H and O–H groups in total. The molecule has 1 fully saturated rings. The third-order valence-corrected chi connectivity index (χ3v) is 7.54. The van der Waals surface area contributed by atoms with E-state index in [1.165, 1.54) is 23.5 Å². The number of carbonyl (C=O) groups is 2. The summed E-state index contributed by atoms with van der Waals surface area (Å²) in [5.41, 5.74) is 3.56. The number of rotatable bonds is 4. The van der Waals surface area contributed by atoms with E-state index >= 15 is 0 Å². The van der Waals surface area contributed by atoms with E-state index in [-0.39, 0.29) is 17.6 Å². The minimum absolute atomic E-state index is 0.0104. The van der Waals surface area contributed by atoms with Crippen molar-refractivity contribution in [2.24, 2.45) is 0 Å². The van der Waals surface area contributed by atoms with E-state index in [4.69, 9.17) is 0 Å². The molecule has 2 aromatic carbocycles. The first-order chi connectivity index (χ1) is 16.9. The summed E-state index contributed by atoms with van der Waals surface area (Å²) in [5.74, 6) is -0.263. The van der Waals surface area contributed by atoms with Crippen LogP contribution >= 0.6 is 11.3 Å². The van der Waals surface area contributed by atoms with E-state index in [2.05, 4.69) is 5.10 Å².